The van der Waals surface area contributed by atoms with E-state index in [1.165, 1.54) is 6.07 Å². The molecule has 2 aromatic rings. The SMILES string of the molecule is Nc1cc(Oc2cc(F)ccc2[N+](=O)[O-])nc(N)n1. The summed E-state index contributed by atoms with van der Waals surface area (Å²) in [6.45, 7) is 0. The minimum absolute atomic E-state index is 0.0292. The van der Waals surface area contributed by atoms with Gasteiger partial charge in [0.1, 0.15) is 11.6 Å². The van der Waals surface area contributed by atoms with E-state index in [9.17, 15) is 14.5 Å². The summed E-state index contributed by atoms with van der Waals surface area (Å²) in [6.07, 6.45) is 0. The molecule has 2 rings (SSSR count). The van der Waals surface area contributed by atoms with E-state index in [-0.39, 0.29) is 23.4 Å². The van der Waals surface area contributed by atoms with Gasteiger partial charge in [-0.1, -0.05) is 0 Å². The molecule has 8 nitrogen and oxygen atoms in total. The molecule has 1 heterocycles. The van der Waals surface area contributed by atoms with Gasteiger partial charge in [0, 0.05) is 18.2 Å². The van der Waals surface area contributed by atoms with Crippen LogP contribution in [-0.2, 0) is 0 Å². The number of nitrogens with zero attached hydrogens (tertiary/aromatic N) is 3. The third-order valence-electron chi connectivity index (χ3n) is 2.07. The van der Waals surface area contributed by atoms with Crippen molar-refractivity contribution < 1.29 is 14.1 Å². The highest BCUT2D eigenvalue weighted by Crippen LogP contribution is 2.31. The van der Waals surface area contributed by atoms with Crippen molar-refractivity contribution in [2.45, 2.75) is 0 Å². The minimum Gasteiger partial charge on any atom is -0.431 e. The molecule has 1 aromatic carbocycles. The average molecular weight is 265 g/mol. The zero-order chi connectivity index (χ0) is 14.0. The van der Waals surface area contributed by atoms with Gasteiger partial charge < -0.3 is 16.2 Å². The number of anilines is 2. The molecule has 0 radical (unpaired) electrons. The van der Waals surface area contributed by atoms with Crippen LogP contribution >= 0.6 is 0 Å². The molecule has 19 heavy (non-hydrogen) atoms. The second-order valence-corrected chi connectivity index (χ2v) is 3.46. The maximum atomic E-state index is 13.1. The smallest absolute Gasteiger partial charge is 0.311 e. The van der Waals surface area contributed by atoms with Crippen molar-refractivity contribution in [2.24, 2.45) is 0 Å². The number of nitrogen functional groups attached to an aromatic ring is 2. The number of aromatic nitrogens is 2. The Hall–Kier alpha value is -2.97. The van der Waals surface area contributed by atoms with Gasteiger partial charge in [-0.15, -0.1) is 0 Å². The second kappa shape index (κ2) is 4.72. The fourth-order valence-corrected chi connectivity index (χ4v) is 1.35. The predicted molar refractivity (Wildman–Crippen MR) is 64.0 cm³/mol. The van der Waals surface area contributed by atoms with Crippen molar-refractivity contribution in [2.75, 3.05) is 11.5 Å². The highest BCUT2D eigenvalue weighted by atomic mass is 19.1. The number of benzene rings is 1. The van der Waals surface area contributed by atoms with Crippen LogP contribution < -0.4 is 16.2 Å². The Bertz CT molecular complexity index is 629. The topological polar surface area (TPSA) is 130 Å². The molecule has 0 aliphatic carbocycles. The summed E-state index contributed by atoms with van der Waals surface area (Å²) in [4.78, 5) is 17.4. The van der Waals surface area contributed by atoms with Gasteiger partial charge in [0.2, 0.25) is 17.6 Å². The molecule has 98 valence electrons. The van der Waals surface area contributed by atoms with Crippen LogP contribution in [0, 0.1) is 15.9 Å². The number of nitro benzene ring substituents is 1. The van der Waals surface area contributed by atoms with Gasteiger partial charge >= 0.3 is 5.69 Å². The van der Waals surface area contributed by atoms with Gasteiger partial charge in [-0.25, -0.2) is 4.39 Å². The molecular formula is C10H8FN5O3. The van der Waals surface area contributed by atoms with Gasteiger partial charge in [-0.3, -0.25) is 10.1 Å². The first-order chi connectivity index (χ1) is 8.95. The monoisotopic (exact) mass is 265 g/mol. The van der Waals surface area contributed by atoms with Gasteiger partial charge in [-0.2, -0.15) is 9.97 Å². The molecule has 0 atom stereocenters. The largest absolute Gasteiger partial charge is 0.431 e. The fraction of sp³-hybridized carbons (Fsp3) is 0. The maximum Gasteiger partial charge on any atom is 0.311 e. The van der Waals surface area contributed by atoms with E-state index in [2.05, 4.69) is 9.97 Å². The highest BCUT2D eigenvalue weighted by Gasteiger charge is 2.17. The summed E-state index contributed by atoms with van der Waals surface area (Å²) in [5.41, 5.74) is 10.4. The Morgan fingerprint density at radius 1 is 1.26 bits per heavy atom. The number of nitrogens with two attached hydrogens (primary N) is 2. The van der Waals surface area contributed by atoms with Gasteiger partial charge in [-0.05, 0) is 6.07 Å². The van der Waals surface area contributed by atoms with Crippen molar-refractivity contribution in [3.8, 4) is 11.6 Å². The summed E-state index contributed by atoms with van der Waals surface area (Å²) in [6, 6.07) is 4.02. The van der Waals surface area contributed by atoms with Crippen LogP contribution in [0.2, 0.25) is 0 Å². The molecule has 0 amide bonds. The molecule has 0 spiro atoms. The number of halogens is 1. The van der Waals surface area contributed by atoms with Gasteiger partial charge in [0.15, 0.2) is 0 Å². The Morgan fingerprint density at radius 3 is 2.63 bits per heavy atom. The van der Waals surface area contributed by atoms with Crippen molar-refractivity contribution in [1.82, 2.24) is 9.97 Å². The van der Waals surface area contributed by atoms with E-state index >= 15 is 0 Å². The molecule has 0 saturated carbocycles. The lowest BCUT2D eigenvalue weighted by atomic mass is 10.3. The Kier molecular flexibility index (Phi) is 3.10. The Balaban J connectivity index is 2.42. The standard InChI is InChI=1S/C10H8FN5O3/c11-5-1-2-6(16(17)18)7(3-5)19-9-4-8(12)14-10(13)15-9/h1-4H,(H4,12,13,14,15). The van der Waals surface area contributed by atoms with Crippen molar-refractivity contribution in [3.63, 3.8) is 0 Å². The summed E-state index contributed by atoms with van der Waals surface area (Å²) in [7, 11) is 0. The Morgan fingerprint density at radius 2 is 2.00 bits per heavy atom. The minimum atomic E-state index is -0.706. The fourth-order valence-electron chi connectivity index (χ4n) is 1.35. The van der Waals surface area contributed by atoms with Crippen molar-refractivity contribution in [1.29, 1.82) is 0 Å². The van der Waals surface area contributed by atoms with E-state index in [0.717, 1.165) is 18.2 Å². The van der Waals surface area contributed by atoms with E-state index in [1.807, 2.05) is 0 Å². The highest BCUT2D eigenvalue weighted by molar-refractivity contribution is 5.49. The first kappa shape index (κ1) is 12.5. The molecule has 0 bridgehead atoms. The van der Waals surface area contributed by atoms with E-state index in [4.69, 9.17) is 16.2 Å². The summed E-state index contributed by atoms with van der Waals surface area (Å²) >= 11 is 0. The summed E-state index contributed by atoms with van der Waals surface area (Å²) in [5, 5.41) is 10.8. The molecule has 0 fully saturated rings. The molecule has 0 saturated heterocycles. The zero-order valence-electron chi connectivity index (χ0n) is 9.41. The van der Waals surface area contributed by atoms with Crippen LogP contribution in [-0.4, -0.2) is 14.9 Å². The van der Waals surface area contributed by atoms with Crippen LogP contribution in [0.15, 0.2) is 24.3 Å². The third-order valence-corrected chi connectivity index (χ3v) is 2.07. The number of ether oxygens (including phenoxy) is 1. The van der Waals surface area contributed by atoms with E-state index in [1.54, 1.807) is 0 Å². The van der Waals surface area contributed by atoms with E-state index < -0.39 is 16.4 Å². The second-order valence-electron chi connectivity index (χ2n) is 3.46. The number of nitro groups is 1. The summed E-state index contributed by atoms with van der Waals surface area (Å²) < 4.78 is 18.2. The number of hydrogen-bond acceptors (Lipinski definition) is 7. The molecule has 0 aliphatic heterocycles. The summed E-state index contributed by atoms with van der Waals surface area (Å²) in [5.74, 6) is -1.23. The first-order valence-electron chi connectivity index (χ1n) is 4.97. The zero-order valence-corrected chi connectivity index (χ0v) is 9.41. The molecule has 1 aromatic heterocycles. The molecule has 9 heteroatoms. The van der Waals surface area contributed by atoms with Crippen LogP contribution in [0.5, 0.6) is 11.6 Å². The lowest BCUT2D eigenvalue weighted by molar-refractivity contribution is -0.385. The lowest BCUT2D eigenvalue weighted by Gasteiger charge is -2.06. The molecule has 0 unspecified atom stereocenters. The van der Waals surface area contributed by atoms with Crippen LogP contribution in [0.1, 0.15) is 0 Å². The van der Waals surface area contributed by atoms with E-state index in [0.29, 0.717) is 0 Å². The number of rotatable bonds is 3. The Labute approximate surface area is 106 Å². The van der Waals surface area contributed by atoms with Crippen LogP contribution in [0.3, 0.4) is 0 Å². The van der Waals surface area contributed by atoms with Crippen molar-refractivity contribution in [3.05, 3.63) is 40.2 Å². The molecule has 4 N–H and O–H groups in total. The molecular weight excluding hydrogens is 257 g/mol. The van der Waals surface area contributed by atoms with Crippen LogP contribution in [0.25, 0.3) is 0 Å². The van der Waals surface area contributed by atoms with Crippen molar-refractivity contribution >= 4 is 17.5 Å². The van der Waals surface area contributed by atoms with Gasteiger partial charge in [0.05, 0.1) is 4.92 Å². The maximum absolute atomic E-state index is 13.1. The normalized spacial score (nSPS) is 10.2. The quantitative estimate of drug-likeness (QED) is 0.634. The first-order valence-corrected chi connectivity index (χ1v) is 4.97. The van der Waals surface area contributed by atoms with Crippen LogP contribution in [0.4, 0.5) is 21.8 Å². The number of hydrogen-bond donors (Lipinski definition) is 2. The third kappa shape index (κ3) is 2.83. The molecule has 0 aliphatic rings. The lowest BCUT2D eigenvalue weighted by Crippen LogP contribution is -2.01. The average Bonchev–Trinajstić information content (AvgIpc) is 2.26. The predicted octanol–water partition coefficient (Wildman–Crippen LogP) is 1.48. The van der Waals surface area contributed by atoms with Gasteiger partial charge in [0.25, 0.3) is 0 Å².